The van der Waals surface area contributed by atoms with E-state index in [4.69, 9.17) is 0 Å². The van der Waals surface area contributed by atoms with E-state index in [0.717, 1.165) is 22.5 Å². The van der Waals surface area contributed by atoms with Crippen molar-refractivity contribution in [3.05, 3.63) is 47.0 Å². The molecule has 0 spiro atoms. The molecule has 5 nitrogen and oxygen atoms in total. The summed E-state index contributed by atoms with van der Waals surface area (Å²) < 4.78 is 1.75. The summed E-state index contributed by atoms with van der Waals surface area (Å²) in [6.07, 6.45) is 3.45. The Hall–Kier alpha value is -2.17. The minimum Gasteiger partial charge on any atom is -0.348 e. The average molecular weight is 272 g/mol. The number of nitrogens with zero attached hydrogens (tertiary/aromatic N) is 3. The van der Waals surface area contributed by atoms with Gasteiger partial charge in [0.05, 0.1) is 11.7 Å². The molecule has 1 amide bonds. The Morgan fingerprint density at radius 3 is 2.50 bits per heavy atom. The van der Waals surface area contributed by atoms with Crippen LogP contribution < -0.4 is 5.32 Å². The highest BCUT2D eigenvalue weighted by molar-refractivity contribution is 5.76. The van der Waals surface area contributed by atoms with E-state index in [0.29, 0.717) is 0 Å². The molecule has 0 aliphatic carbocycles. The SMILES string of the molecule is Cc1nn(CC(=O)N[C@H](C)c2ccncc2)c(C)c1C. The van der Waals surface area contributed by atoms with Gasteiger partial charge >= 0.3 is 0 Å². The van der Waals surface area contributed by atoms with Crippen LogP contribution in [0.25, 0.3) is 0 Å². The molecule has 0 unspecified atom stereocenters. The van der Waals surface area contributed by atoms with Crippen molar-refractivity contribution in [2.24, 2.45) is 0 Å². The zero-order valence-electron chi connectivity index (χ0n) is 12.3. The summed E-state index contributed by atoms with van der Waals surface area (Å²) >= 11 is 0. The van der Waals surface area contributed by atoms with E-state index in [1.807, 2.05) is 39.8 Å². The third kappa shape index (κ3) is 3.04. The Morgan fingerprint density at radius 1 is 1.30 bits per heavy atom. The summed E-state index contributed by atoms with van der Waals surface area (Å²) in [4.78, 5) is 16.1. The highest BCUT2D eigenvalue weighted by atomic mass is 16.2. The van der Waals surface area contributed by atoms with E-state index in [2.05, 4.69) is 15.4 Å². The average Bonchev–Trinajstić information content (AvgIpc) is 2.67. The third-order valence-electron chi connectivity index (χ3n) is 3.62. The Labute approximate surface area is 119 Å². The second-order valence-electron chi connectivity index (χ2n) is 5.02. The van der Waals surface area contributed by atoms with Crippen LogP contribution in [0.2, 0.25) is 0 Å². The van der Waals surface area contributed by atoms with Gasteiger partial charge in [0.25, 0.3) is 0 Å². The number of hydrogen-bond donors (Lipinski definition) is 1. The zero-order valence-corrected chi connectivity index (χ0v) is 12.3. The van der Waals surface area contributed by atoms with Crippen molar-refractivity contribution in [1.82, 2.24) is 20.1 Å². The van der Waals surface area contributed by atoms with Crippen LogP contribution >= 0.6 is 0 Å². The molecule has 2 aromatic rings. The maximum atomic E-state index is 12.1. The predicted octanol–water partition coefficient (Wildman–Crippen LogP) is 2.08. The Morgan fingerprint density at radius 2 is 1.95 bits per heavy atom. The summed E-state index contributed by atoms with van der Waals surface area (Å²) in [7, 11) is 0. The molecule has 2 aromatic heterocycles. The van der Waals surface area contributed by atoms with Crippen LogP contribution in [0.5, 0.6) is 0 Å². The molecule has 20 heavy (non-hydrogen) atoms. The smallest absolute Gasteiger partial charge is 0.242 e. The van der Waals surface area contributed by atoms with Gasteiger partial charge in [-0.05, 0) is 51.0 Å². The van der Waals surface area contributed by atoms with Crippen molar-refractivity contribution in [1.29, 1.82) is 0 Å². The molecule has 0 aliphatic rings. The Bertz CT molecular complexity index is 604. The van der Waals surface area contributed by atoms with Gasteiger partial charge in [0, 0.05) is 18.1 Å². The van der Waals surface area contributed by atoms with Gasteiger partial charge in [0.15, 0.2) is 0 Å². The third-order valence-corrected chi connectivity index (χ3v) is 3.62. The minimum absolute atomic E-state index is 0.0384. The molecule has 106 valence electrons. The van der Waals surface area contributed by atoms with E-state index in [1.165, 1.54) is 0 Å². The van der Waals surface area contributed by atoms with Gasteiger partial charge in [-0.1, -0.05) is 0 Å². The number of rotatable bonds is 4. The first-order valence-electron chi connectivity index (χ1n) is 6.69. The fourth-order valence-corrected chi connectivity index (χ4v) is 2.10. The van der Waals surface area contributed by atoms with Gasteiger partial charge in [0.2, 0.25) is 5.91 Å². The van der Waals surface area contributed by atoms with Gasteiger partial charge in [0.1, 0.15) is 6.54 Å². The number of hydrogen-bond acceptors (Lipinski definition) is 3. The lowest BCUT2D eigenvalue weighted by Gasteiger charge is -2.14. The van der Waals surface area contributed by atoms with Crippen LogP contribution in [0.15, 0.2) is 24.5 Å². The van der Waals surface area contributed by atoms with Crippen molar-refractivity contribution in [3.8, 4) is 0 Å². The van der Waals surface area contributed by atoms with E-state index in [1.54, 1.807) is 17.1 Å². The maximum Gasteiger partial charge on any atom is 0.242 e. The monoisotopic (exact) mass is 272 g/mol. The number of carbonyl (C=O) groups excluding carboxylic acids is 1. The topological polar surface area (TPSA) is 59.8 Å². The normalized spacial score (nSPS) is 12.2. The van der Waals surface area contributed by atoms with Gasteiger partial charge < -0.3 is 5.32 Å². The number of amides is 1. The molecule has 0 aromatic carbocycles. The standard InChI is InChI=1S/C15H20N4O/c1-10-11(2)18-19(13(10)4)9-15(20)17-12(3)14-5-7-16-8-6-14/h5-8,12H,9H2,1-4H3,(H,17,20)/t12-/m1/s1. The number of aromatic nitrogens is 3. The fraction of sp³-hybridized carbons (Fsp3) is 0.400. The van der Waals surface area contributed by atoms with Crippen molar-refractivity contribution in [2.45, 2.75) is 40.3 Å². The lowest BCUT2D eigenvalue weighted by Crippen LogP contribution is -2.30. The minimum atomic E-state index is -0.0417. The predicted molar refractivity (Wildman–Crippen MR) is 77.2 cm³/mol. The summed E-state index contributed by atoms with van der Waals surface area (Å²) in [6, 6.07) is 3.76. The molecular weight excluding hydrogens is 252 g/mol. The van der Waals surface area contributed by atoms with Crippen molar-refractivity contribution >= 4 is 5.91 Å². The quantitative estimate of drug-likeness (QED) is 0.927. The molecule has 0 fully saturated rings. The van der Waals surface area contributed by atoms with Gasteiger partial charge in [-0.25, -0.2) is 0 Å². The number of nitrogens with one attached hydrogen (secondary N) is 1. The van der Waals surface area contributed by atoms with Crippen LogP contribution in [-0.2, 0) is 11.3 Å². The highest BCUT2D eigenvalue weighted by Gasteiger charge is 2.13. The zero-order chi connectivity index (χ0) is 14.7. The lowest BCUT2D eigenvalue weighted by atomic mass is 10.1. The summed E-state index contributed by atoms with van der Waals surface area (Å²) in [5.41, 5.74) is 4.18. The van der Waals surface area contributed by atoms with Crippen LogP contribution in [0, 0.1) is 20.8 Å². The second kappa shape index (κ2) is 5.86. The van der Waals surface area contributed by atoms with E-state index < -0.39 is 0 Å². The number of aryl methyl sites for hydroxylation is 1. The molecule has 0 radical (unpaired) electrons. The largest absolute Gasteiger partial charge is 0.348 e. The van der Waals surface area contributed by atoms with Gasteiger partial charge in [-0.2, -0.15) is 5.10 Å². The molecule has 5 heteroatoms. The Balaban J connectivity index is 2.01. The van der Waals surface area contributed by atoms with E-state index >= 15 is 0 Å². The molecule has 1 N–H and O–H groups in total. The van der Waals surface area contributed by atoms with Crippen molar-refractivity contribution < 1.29 is 4.79 Å². The van der Waals surface area contributed by atoms with Crippen molar-refractivity contribution in [2.75, 3.05) is 0 Å². The van der Waals surface area contributed by atoms with E-state index in [9.17, 15) is 4.79 Å². The number of carbonyl (C=O) groups is 1. The van der Waals surface area contributed by atoms with Crippen LogP contribution in [-0.4, -0.2) is 20.7 Å². The molecule has 0 aliphatic heterocycles. The first-order valence-corrected chi connectivity index (χ1v) is 6.69. The molecule has 2 rings (SSSR count). The van der Waals surface area contributed by atoms with E-state index in [-0.39, 0.29) is 18.5 Å². The first-order chi connectivity index (χ1) is 9.49. The molecular formula is C15H20N4O. The number of pyridine rings is 1. The van der Waals surface area contributed by atoms with Gasteiger partial charge in [-0.15, -0.1) is 0 Å². The van der Waals surface area contributed by atoms with Crippen molar-refractivity contribution in [3.63, 3.8) is 0 Å². The summed E-state index contributed by atoms with van der Waals surface area (Å²) in [6.45, 7) is 8.16. The molecule has 2 heterocycles. The summed E-state index contributed by atoms with van der Waals surface area (Å²) in [5, 5.41) is 7.35. The molecule has 0 saturated heterocycles. The molecule has 1 atom stereocenters. The summed E-state index contributed by atoms with van der Waals surface area (Å²) in [5.74, 6) is -0.0417. The van der Waals surface area contributed by atoms with Gasteiger partial charge in [-0.3, -0.25) is 14.5 Å². The Kier molecular flexibility index (Phi) is 4.17. The maximum absolute atomic E-state index is 12.1. The highest BCUT2D eigenvalue weighted by Crippen LogP contribution is 2.12. The molecule has 0 saturated carbocycles. The second-order valence-corrected chi connectivity index (χ2v) is 5.02. The van der Waals surface area contributed by atoms with Crippen LogP contribution in [0.3, 0.4) is 0 Å². The van der Waals surface area contributed by atoms with Crippen LogP contribution in [0.1, 0.15) is 35.5 Å². The van der Waals surface area contributed by atoms with Crippen LogP contribution in [0.4, 0.5) is 0 Å². The lowest BCUT2D eigenvalue weighted by molar-refractivity contribution is -0.122. The first kappa shape index (κ1) is 14.2. The molecule has 0 bridgehead atoms. The fourth-order valence-electron chi connectivity index (χ4n) is 2.10.